The SMILES string of the molecule is CC(C)Oc1cc2c(cc1NC(=O)c1cnn3cccnc13)CN(C1CCN(C(C)(C)C3CN(c4ccc(C(=O)NC5CCC(=O)NC5=O)c(F)c4)C3)CC1)C2=O. The Morgan fingerprint density at radius 3 is 2.51 bits per heavy atom. The number of hydrogen-bond acceptors (Lipinski definition) is 10. The molecule has 4 aliphatic heterocycles. The molecule has 4 aliphatic rings. The maximum Gasteiger partial charge on any atom is 0.261 e. The van der Waals surface area contributed by atoms with E-state index in [1.165, 1.54) is 22.8 Å². The number of carbonyl (C=O) groups excluding carboxylic acids is 5. The van der Waals surface area contributed by atoms with Crippen molar-refractivity contribution in [2.75, 3.05) is 36.4 Å². The molecule has 0 radical (unpaired) electrons. The molecular formula is C41H46FN9O6. The van der Waals surface area contributed by atoms with Crippen LogP contribution in [0.4, 0.5) is 15.8 Å². The third kappa shape index (κ3) is 7.29. The molecule has 3 N–H and O–H groups in total. The van der Waals surface area contributed by atoms with E-state index < -0.39 is 29.6 Å². The minimum atomic E-state index is -0.883. The first-order valence-electron chi connectivity index (χ1n) is 19.4. The summed E-state index contributed by atoms with van der Waals surface area (Å²) < 4.78 is 22.8. The van der Waals surface area contributed by atoms with Gasteiger partial charge in [-0.3, -0.25) is 34.2 Å². The van der Waals surface area contributed by atoms with Crippen molar-refractivity contribution < 1.29 is 33.1 Å². The molecule has 6 heterocycles. The Labute approximate surface area is 328 Å². The first-order chi connectivity index (χ1) is 27.3. The number of ether oxygens (including phenoxy) is 1. The van der Waals surface area contributed by atoms with Gasteiger partial charge in [-0.05, 0) is 88.9 Å². The number of likely N-dealkylation sites (tertiary alicyclic amines) is 1. The Kier molecular flexibility index (Phi) is 9.92. The zero-order valence-corrected chi connectivity index (χ0v) is 32.4. The number of imide groups is 1. The van der Waals surface area contributed by atoms with Gasteiger partial charge in [-0.2, -0.15) is 5.10 Å². The molecule has 57 heavy (non-hydrogen) atoms. The van der Waals surface area contributed by atoms with Gasteiger partial charge in [-0.25, -0.2) is 13.9 Å². The number of fused-ring (bicyclic) bond motifs is 2. The van der Waals surface area contributed by atoms with Crippen LogP contribution in [-0.4, -0.2) is 104 Å². The van der Waals surface area contributed by atoms with Crippen molar-refractivity contribution in [3.8, 4) is 5.75 Å². The maximum atomic E-state index is 15.2. The highest BCUT2D eigenvalue weighted by Crippen LogP contribution is 2.40. The predicted molar refractivity (Wildman–Crippen MR) is 207 cm³/mol. The van der Waals surface area contributed by atoms with E-state index in [0.717, 1.165) is 44.6 Å². The molecule has 0 saturated carbocycles. The Balaban J connectivity index is 0.868. The van der Waals surface area contributed by atoms with Gasteiger partial charge in [0.2, 0.25) is 11.8 Å². The number of nitrogens with zero attached hydrogens (tertiary/aromatic N) is 6. The number of aromatic nitrogens is 3. The van der Waals surface area contributed by atoms with Crippen molar-refractivity contribution in [3.05, 3.63) is 83.1 Å². The van der Waals surface area contributed by atoms with Crippen LogP contribution in [0, 0.1) is 11.7 Å². The number of carbonyl (C=O) groups is 5. The van der Waals surface area contributed by atoms with Gasteiger partial charge >= 0.3 is 0 Å². The summed E-state index contributed by atoms with van der Waals surface area (Å²) in [4.78, 5) is 74.3. The van der Waals surface area contributed by atoms with Gasteiger partial charge in [-0.1, -0.05) is 0 Å². The molecule has 16 heteroatoms. The fourth-order valence-corrected chi connectivity index (χ4v) is 8.39. The molecule has 3 saturated heterocycles. The lowest BCUT2D eigenvalue weighted by atomic mass is 9.78. The van der Waals surface area contributed by atoms with Crippen LogP contribution in [0.25, 0.3) is 5.65 Å². The van der Waals surface area contributed by atoms with Crippen LogP contribution >= 0.6 is 0 Å². The molecule has 298 valence electrons. The highest BCUT2D eigenvalue weighted by molar-refractivity contribution is 6.09. The van der Waals surface area contributed by atoms with E-state index in [1.807, 2.05) is 24.8 Å². The number of hydrogen-bond donors (Lipinski definition) is 3. The van der Waals surface area contributed by atoms with E-state index in [2.05, 4.69) is 49.7 Å². The van der Waals surface area contributed by atoms with Crippen molar-refractivity contribution in [2.24, 2.45) is 5.92 Å². The second kappa shape index (κ2) is 14.9. The normalized spacial score (nSPS) is 19.5. The van der Waals surface area contributed by atoms with Crippen molar-refractivity contribution in [3.63, 3.8) is 0 Å². The smallest absolute Gasteiger partial charge is 0.261 e. The molecular weight excluding hydrogens is 734 g/mol. The topological polar surface area (TPSA) is 171 Å². The largest absolute Gasteiger partial charge is 0.489 e. The van der Waals surface area contributed by atoms with E-state index in [0.29, 0.717) is 46.4 Å². The Bertz CT molecular complexity index is 2280. The Hall–Kier alpha value is -5.90. The maximum absolute atomic E-state index is 15.2. The minimum absolute atomic E-state index is 0.0395. The van der Waals surface area contributed by atoms with Gasteiger partial charge < -0.3 is 25.2 Å². The zero-order valence-electron chi connectivity index (χ0n) is 32.4. The number of nitrogens with one attached hydrogen (secondary N) is 3. The first kappa shape index (κ1) is 38.0. The summed E-state index contributed by atoms with van der Waals surface area (Å²) in [7, 11) is 0. The zero-order chi connectivity index (χ0) is 40.2. The molecule has 15 nitrogen and oxygen atoms in total. The summed E-state index contributed by atoms with van der Waals surface area (Å²) in [6.07, 6.45) is 6.53. The molecule has 4 aromatic rings. The molecule has 0 spiro atoms. The first-order valence-corrected chi connectivity index (χ1v) is 19.4. The molecule has 5 amide bonds. The van der Waals surface area contributed by atoms with Crippen LogP contribution in [0.3, 0.4) is 0 Å². The predicted octanol–water partition coefficient (Wildman–Crippen LogP) is 3.78. The summed E-state index contributed by atoms with van der Waals surface area (Å²) in [5.41, 5.74) is 3.04. The summed E-state index contributed by atoms with van der Waals surface area (Å²) in [6.45, 7) is 11.8. The minimum Gasteiger partial charge on any atom is -0.489 e. The number of benzene rings is 2. The molecule has 0 bridgehead atoms. The summed E-state index contributed by atoms with van der Waals surface area (Å²) in [5.74, 6) is -2.02. The van der Waals surface area contributed by atoms with Crippen LogP contribution in [-0.2, 0) is 16.1 Å². The second-order valence-electron chi connectivity index (χ2n) is 16.1. The molecule has 3 fully saturated rings. The van der Waals surface area contributed by atoms with Gasteiger partial charge in [0.25, 0.3) is 17.7 Å². The Morgan fingerprint density at radius 1 is 1.02 bits per heavy atom. The fourth-order valence-electron chi connectivity index (χ4n) is 8.39. The summed E-state index contributed by atoms with van der Waals surface area (Å²) in [5, 5.41) is 11.9. The average molecular weight is 780 g/mol. The summed E-state index contributed by atoms with van der Waals surface area (Å²) >= 11 is 0. The van der Waals surface area contributed by atoms with Crippen molar-refractivity contribution in [2.45, 2.75) is 83.6 Å². The van der Waals surface area contributed by atoms with E-state index in [4.69, 9.17) is 4.74 Å². The molecule has 1 unspecified atom stereocenters. The van der Waals surface area contributed by atoms with E-state index >= 15 is 4.39 Å². The van der Waals surface area contributed by atoms with Crippen LogP contribution in [0.2, 0.25) is 0 Å². The van der Waals surface area contributed by atoms with Gasteiger partial charge in [0, 0.05) is 80.3 Å². The van der Waals surface area contributed by atoms with Gasteiger partial charge in [-0.15, -0.1) is 0 Å². The van der Waals surface area contributed by atoms with E-state index in [-0.39, 0.29) is 47.9 Å². The third-order valence-electron chi connectivity index (χ3n) is 11.9. The Morgan fingerprint density at radius 2 is 1.79 bits per heavy atom. The van der Waals surface area contributed by atoms with Crippen LogP contribution in [0.5, 0.6) is 5.75 Å². The van der Waals surface area contributed by atoms with E-state index in [1.54, 1.807) is 30.6 Å². The van der Waals surface area contributed by atoms with Crippen molar-refractivity contribution in [1.82, 2.24) is 35.0 Å². The number of rotatable bonds is 10. The standard InChI is InChI=1S/C41H46FN9O6/c1-23(2)57-34-18-29-24(16-33(34)46-38(54)30-19-44-51-13-5-12-43-36(30)51)20-50(40(29)56)26-10-14-49(15-11-26)41(3,4)25-21-48(22-25)27-6-7-28(31(42)17-27)37(53)45-32-8-9-35(52)47-39(32)55/h5-7,12-13,16-19,23,25-26,32H,8-11,14-15,20-22H2,1-4H3,(H,45,53)(H,46,54)(H,47,52,55). The van der Waals surface area contributed by atoms with Crippen LogP contribution in [0.15, 0.2) is 55.0 Å². The highest BCUT2D eigenvalue weighted by Gasteiger charge is 2.45. The van der Waals surface area contributed by atoms with Crippen LogP contribution in [0.1, 0.15) is 90.0 Å². The molecule has 1 atom stereocenters. The van der Waals surface area contributed by atoms with Gasteiger partial charge in [0.15, 0.2) is 5.65 Å². The number of halogens is 1. The highest BCUT2D eigenvalue weighted by atomic mass is 19.1. The lowest BCUT2D eigenvalue weighted by Gasteiger charge is -2.54. The monoisotopic (exact) mass is 779 g/mol. The molecule has 2 aromatic carbocycles. The third-order valence-corrected chi connectivity index (χ3v) is 11.9. The molecule has 0 aliphatic carbocycles. The van der Waals surface area contributed by atoms with Gasteiger partial charge in [0.1, 0.15) is 23.2 Å². The van der Waals surface area contributed by atoms with Crippen molar-refractivity contribution >= 4 is 46.6 Å². The lowest BCUT2D eigenvalue weighted by molar-refractivity contribution is -0.134. The second-order valence-corrected chi connectivity index (χ2v) is 16.1. The average Bonchev–Trinajstić information content (AvgIpc) is 3.73. The van der Waals surface area contributed by atoms with Crippen molar-refractivity contribution in [1.29, 1.82) is 0 Å². The number of piperidine rings is 2. The lowest BCUT2D eigenvalue weighted by Crippen LogP contribution is -2.64. The summed E-state index contributed by atoms with van der Waals surface area (Å²) in [6, 6.07) is 9.01. The molecule has 8 rings (SSSR count). The molecule has 2 aromatic heterocycles. The van der Waals surface area contributed by atoms with Gasteiger partial charge in [0.05, 0.1) is 23.6 Å². The number of amides is 5. The fraction of sp³-hybridized carbons (Fsp3) is 0.439. The van der Waals surface area contributed by atoms with Crippen LogP contribution < -0.4 is 25.6 Å². The quantitative estimate of drug-likeness (QED) is 0.202. The van der Waals surface area contributed by atoms with E-state index in [9.17, 15) is 24.0 Å². The number of anilines is 2.